The molecule has 0 fully saturated rings. The molecule has 0 aromatic carbocycles. The lowest BCUT2D eigenvalue weighted by molar-refractivity contribution is 0.102. The van der Waals surface area contributed by atoms with Gasteiger partial charge in [-0.15, -0.1) is 0 Å². The molecule has 0 radical (unpaired) electrons. The number of amides is 1. The third kappa shape index (κ3) is 3.90. The van der Waals surface area contributed by atoms with E-state index in [2.05, 4.69) is 34.1 Å². The number of amidine groups is 1. The fourth-order valence-electron chi connectivity index (χ4n) is 3.18. The van der Waals surface area contributed by atoms with Crippen LogP contribution in [0.1, 0.15) is 56.2 Å². The van der Waals surface area contributed by atoms with Crippen molar-refractivity contribution in [1.29, 1.82) is 0 Å². The quantitative estimate of drug-likeness (QED) is 0.851. The van der Waals surface area contributed by atoms with Crippen molar-refractivity contribution in [1.82, 2.24) is 9.97 Å². The largest absolute Gasteiger partial charge is 0.448 e. The molecule has 1 aliphatic rings. The fourth-order valence-corrected chi connectivity index (χ4v) is 4.34. The SMILES string of the molecule is CCc1nc(C(=O)Nc2ccnc([C@]3(C)CC(C)(C)SC(N)=N3)c2)co1. The Morgan fingerprint density at radius 1 is 1.42 bits per heavy atom. The Morgan fingerprint density at radius 2 is 2.19 bits per heavy atom. The van der Waals surface area contributed by atoms with E-state index in [9.17, 15) is 4.79 Å². The van der Waals surface area contributed by atoms with Crippen molar-refractivity contribution in [2.24, 2.45) is 10.7 Å². The Balaban J connectivity index is 1.84. The molecule has 26 heavy (non-hydrogen) atoms. The normalized spacial score (nSPS) is 21.9. The summed E-state index contributed by atoms with van der Waals surface area (Å²) in [5.74, 6) is 0.211. The van der Waals surface area contributed by atoms with Gasteiger partial charge in [-0.25, -0.2) is 9.98 Å². The van der Waals surface area contributed by atoms with E-state index >= 15 is 0 Å². The van der Waals surface area contributed by atoms with E-state index in [0.717, 1.165) is 12.1 Å². The number of aryl methyl sites for hydroxylation is 1. The molecule has 138 valence electrons. The van der Waals surface area contributed by atoms with Crippen LogP contribution in [0.5, 0.6) is 0 Å². The number of aromatic nitrogens is 2. The van der Waals surface area contributed by atoms with Crippen molar-refractivity contribution >= 4 is 28.5 Å². The highest BCUT2D eigenvalue weighted by Crippen LogP contribution is 2.44. The first-order chi connectivity index (χ1) is 12.2. The van der Waals surface area contributed by atoms with Gasteiger partial charge in [-0.2, -0.15) is 0 Å². The Bertz CT molecular complexity index is 861. The van der Waals surface area contributed by atoms with Crippen molar-refractivity contribution in [2.75, 3.05) is 5.32 Å². The molecule has 0 spiro atoms. The first-order valence-electron chi connectivity index (χ1n) is 8.47. The first kappa shape index (κ1) is 18.4. The van der Waals surface area contributed by atoms with E-state index in [1.807, 2.05) is 19.9 Å². The Labute approximate surface area is 156 Å². The van der Waals surface area contributed by atoms with Crippen LogP contribution in [0, 0.1) is 0 Å². The molecule has 2 aromatic rings. The maximum absolute atomic E-state index is 12.4. The minimum Gasteiger partial charge on any atom is -0.448 e. The lowest BCUT2D eigenvalue weighted by Crippen LogP contribution is -2.38. The van der Waals surface area contributed by atoms with Gasteiger partial charge < -0.3 is 15.5 Å². The number of aliphatic imine (C=N–C) groups is 1. The molecule has 0 saturated heterocycles. The van der Waals surface area contributed by atoms with Crippen LogP contribution >= 0.6 is 11.8 Å². The molecule has 2 aromatic heterocycles. The van der Waals surface area contributed by atoms with Crippen LogP contribution in [0.25, 0.3) is 0 Å². The second-order valence-electron chi connectivity index (χ2n) is 7.13. The van der Waals surface area contributed by atoms with Gasteiger partial charge in [0, 0.05) is 23.1 Å². The molecule has 8 heteroatoms. The Hall–Kier alpha value is -2.35. The molecule has 1 amide bonds. The molecule has 0 unspecified atom stereocenters. The third-order valence-electron chi connectivity index (χ3n) is 4.16. The molecule has 0 bridgehead atoms. The zero-order valence-corrected chi connectivity index (χ0v) is 16.2. The number of hydrogen-bond acceptors (Lipinski definition) is 7. The standard InChI is InChI=1S/C18H23N5O2S/c1-5-14-22-12(9-25-14)15(24)21-11-6-7-20-13(8-11)18(4)10-17(2,3)26-16(19)23-18/h6-9H,5,10H2,1-4H3,(H2,19,23)(H,20,21,24)/t18-/m0/s1. The molecule has 7 nitrogen and oxygen atoms in total. The number of carbonyl (C=O) groups excluding carboxylic acids is 1. The van der Waals surface area contributed by atoms with Crippen LogP contribution in [-0.2, 0) is 12.0 Å². The molecule has 0 aliphatic carbocycles. The number of thioether (sulfide) groups is 1. The smallest absolute Gasteiger partial charge is 0.277 e. The van der Waals surface area contributed by atoms with E-state index in [1.54, 1.807) is 24.0 Å². The predicted molar refractivity (Wildman–Crippen MR) is 103 cm³/mol. The number of nitrogens with one attached hydrogen (secondary N) is 1. The van der Waals surface area contributed by atoms with E-state index < -0.39 is 5.54 Å². The number of carbonyl (C=O) groups is 1. The molecule has 3 N–H and O–H groups in total. The van der Waals surface area contributed by atoms with Gasteiger partial charge in [0.2, 0.25) is 0 Å². The Kier molecular flexibility index (Phi) is 4.79. The molecule has 1 aliphatic heterocycles. The maximum Gasteiger partial charge on any atom is 0.277 e. The van der Waals surface area contributed by atoms with Crippen molar-refractivity contribution in [3.63, 3.8) is 0 Å². The zero-order valence-electron chi connectivity index (χ0n) is 15.4. The van der Waals surface area contributed by atoms with Crippen molar-refractivity contribution in [3.05, 3.63) is 41.9 Å². The highest BCUT2D eigenvalue weighted by Gasteiger charge is 2.40. The van der Waals surface area contributed by atoms with Crippen LogP contribution in [0.4, 0.5) is 5.69 Å². The summed E-state index contributed by atoms with van der Waals surface area (Å²) in [6.07, 6.45) is 4.46. The third-order valence-corrected chi connectivity index (χ3v) is 5.16. The molecular formula is C18H23N5O2S. The summed E-state index contributed by atoms with van der Waals surface area (Å²) in [5, 5.41) is 3.39. The summed E-state index contributed by atoms with van der Waals surface area (Å²) in [4.78, 5) is 25.6. The average Bonchev–Trinajstić information content (AvgIpc) is 3.02. The zero-order chi connectivity index (χ0) is 18.9. The van der Waals surface area contributed by atoms with Crippen molar-refractivity contribution < 1.29 is 9.21 Å². The van der Waals surface area contributed by atoms with Gasteiger partial charge in [-0.3, -0.25) is 9.78 Å². The number of nitrogens with zero attached hydrogens (tertiary/aromatic N) is 3. The van der Waals surface area contributed by atoms with E-state index in [-0.39, 0.29) is 16.3 Å². The van der Waals surface area contributed by atoms with Crippen LogP contribution in [0.2, 0.25) is 0 Å². The monoisotopic (exact) mass is 373 g/mol. The highest BCUT2D eigenvalue weighted by molar-refractivity contribution is 8.15. The van der Waals surface area contributed by atoms with Crippen LogP contribution in [0.3, 0.4) is 0 Å². The number of anilines is 1. The first-order valence-corrected chi connectivity index (χ1v) is 9.29. The number of oxazole rings is 1. The van der Waals surface area contributed by atoms with Gasteiger partial charge >= 0.3 is 0 Å². The molecule has 3 heterocycles. The number of nitrogens with two attached hydrogens (primary N) is 1. The summed E-state index contributed by atoms with van der Waals surface area (Å²) in [6.45, 7) is 8.21. The van der Waals surface area contributed by atoms with Gasteiger partial charge in [0.1, 0.15) is 11.8 Å². The minimum atomic E-state index is -0.539. The van der Waals surface area contributed by atoms with E-state index in [0.29, 0.717) is 23.2 Å². The Morgan fingerprint density at radius 3 is 2.85 bits per heavy atom. The molecule has 3 rings (SSSR count). The maximum atomic E-state index is 12.4. The second-order valence-corrected chi connectivity index (χ2v) is 8.85. The summed E-state index contributed by atoms with van der Waals surface area (Å²) >= 11 is 1.57. The number of hydrogen-bond donors (Lipinski definition) is 2. The highest BCUT2D eigenvalue weighted by atomic mass is 32.2. The van der Waals surface area contributed by atoms with Crippen molar-refractivity contribution in [3.8, 4) is 0 Å². The van der Waals surface area contributed by atoms with E-state index in [1.165, 1.54) is 6.26 Å². The van der Waals surface area contributed by atoms with Gasteiger partial charge in [0.15, 0.2) is 16.8 Å². The second kappa shape index (κ2) is 6.75. The van der Waals surface area contributed by atoms with Crippen molar-refractivity contribution in [2.45, 2.75) is 50.8 Å². The predicted octanol–water partition coefficient (Wildman–Crippen LogP) is 3.33. The lowest BCUT2D eigenvalue weighted by atomic mass is 9.87. The topological polar surface area (TPSA) is 106 Å². The average molecular weight is 373 g/mol. The fraction of sp³-hybridized carbons (Fsp3) is 0.444. The van der Waals surface area contributed by atoms with Gasteiger partial charge in [-0.05, 0) is 25.5 Å². The van der Waals surface area contributed by atoms with Gasteiger partial charge in [-0.1, -0.05) is 32.5 Å². The molecular weight excluding hydrogens is 350 g/mol. The summed E-state index contributed by atoms with van der Waals surface area (Å²) in [6, 6.07) is 3.57. The van der Waals surface area contributed by atoms with Gasteiger partial charge in [0.05, 0.1) is 5.69 Å². The molecule has 0 saturated carbocycles. The lowest BCUT2D eigenvalue weighted by Gasteiger charge is -2.38. The summed E-state index contributed by atoms with van der Waals surface area (Å²) < 4.78 is 5.18. The number of rotatable bonds is 4. The van der Waals surface area contributed by atoms with E-state index in [4.69, 9.17) is 10.2 Å². The van der Waals surface area contributed by atoms with Crippen LogP contribution < -0.4 is 11.1 Å². The van der Waals surface area contributed by atoms with Crippen LogP contribution in [0.15, 0.2) is 34.0 Å². The minimum absolute atomic E-state index is 0.0429. The van der Waals surface area contributed by atoms with Crippen LogP contribution in [-0.4, -0.2) is 25.8 Å². The molecule has 1 atom stereocenters. The summed E-state index contributed by atoms with van der Waals surface area (Å²) in [5.41, 5.74) is 7.14. The number of pyridine rings is 1. The summed E-state index contributed by atoms with van der Waals surface area (Å²) in [7, 11) is 0. The van der Waals surface area contributed by atoms with Gasteiger partial charge in [0.25, 0.3) is 5.91 Å².